The van der Waals surface area contributed by atoms with Crippen LogP contribution in [0.25, 0.3) is 11.1 Å². The number of nitrogens with zero attached hydrogens (tertiary/aromatic N) is 1. The number of hydrogen-bond donors (Lipinski definition) is 2. The van der Waals surface area contributed by atoms with Gasteiger partial charge < -0.3 is 10.2 Å². The van der Waals surface area contributed by atoms with E-state index in [9.17, 15) is 24.6 Å². The Kier molecular flexibility index (Phi) is 7.83. The largest absolute Gasteiger partial charge is 0.481 e. The maximum atomic E-state index is 13.0. The molecule has 6 heteroatoms. The van der Waals surface area contributed by atoms with Crippen LogP contribution in [0.3, 0.4) is 0 Å². The van der Waals surface area contributed by atoms with Crippen molar-refractivity contribution >= 4 is 17.8 Å². The predicted molar refractivity (Wildman–Crippen MR) is 147 cm³/mol. The van der Waals surface area contributed by atoms with Gasteiger partial charge in [0.25, 0.3) is 11.8 Å². The highest BCUT2D eigenvalue weighted by Gasteiger charge is 2.37. The predicted octanol–water partition coefficient (Wildman–Crippen LogP) is 5.64. The second-order valence-corrected chi connectivity index (χ2v) is 11.2. The van der Waals surface area contributed by atoms with Gasteiger partial charge in [-0.15, -0.1) is 0 Å². The number of aliphatic hydroxyl groups excluding tert-OH is 1. The van der Waals surface area contributed by atoms with Crippen LogP contribution in [0.4, 0.5) is 0 Å². The maximum Gasteiger partial charge on any atom is 0.309 e. The Bertz CT molecular complexity index is 1340. The van der Waals surface area contributed by atoms with Gasteiger partial charge in [0.1, 0.15) is 0 Å². The van der Waals surface area contributed by atoms with Crippen molar-refractivity contribution in [3.05, 3.63) is 94.5 Å². The number of rotatable bonds is 9. The Morgan fingerprint density at radius 1 is 0.842 bits per heavy atom. The van der Waals surface area contributed by atoms with E-state index in [-0.39, 0.29) is 24.8 Å². The zero-order valence-electron chi connectivity index (χ0n) is 22.4. The van der Waals surface area contributed by atoms with E-state index in [1.165, 1.54) is 5.56 Å². The second kappa shape index (κ2) is 10.9. The van der Waals surface area contributed by atoms with Crippen LogP contribution in [0.5, 0.6) is 0 Å². The highest BCUT2D eigenvalue weighted by atomic mass is 16.4. The summed E-state index contributed by atoms with van der Waals surface area (Å²) in [6.07, 6.45) is -0.341. The molecular weight excluding hydrogens is 478 g/mol. The Hall–Kier alpha value is -3.77. The number of aliphatic hydroxyl groups is 1. The van der Waals surface area contributed by atoms with Crippen molar-refractivity contribution in [2.75, 3.05) is 6.54 Å². The van der Waals surface area contributed by atoms with Crippen LogP contribution < -0.4 is 0 Å². The van der Waals surface area contributed by atoms with Gasteiger partial charge in [-0.1, -0.05) is 80.9 Å². The third kappa shape index (κ3) is 5.86. The third-order valence-corrected chi connectivity index (χ3v) is 7.35. The summed E-state index contributed by atoms with van der Waals surface area (Å²) in [5, 5.41) is 20.5. The van der Waals surface area contributed by atoms with E-state index in [0.29, 0.717) is 17.5 Å². The van der Waals surface area contributed by atoms with Gasteiger partial charge in [0.2, 0.25) is 0 Å². The van der Waals surface area contributed by atoms with Crippen molar-refractivity contribution in [2.45, 2.75) is 58.5 Å². The smallest absolute Gasteiger partial charge is 0.309 e. The molecule has 0 bridgehead atoms. The van der Waals surface area contributed by atoms with E-state index in [1.54, 1.807) is 12.1 Å². The van der Waals surface area contributed by atoms with E-state index >= 15 is 0 Å². The fraction of sp³-hybridized carbons (Fsp3) is 0.344. The zero-order chi connectivity index (χ0) is 27.6. The first-order chi connectivity index (χ1) is 18.0. The first-order valence-corrected chi connectivity index (χ1v) is 13.0. The molecule has 6 nitrogen and oxygen atoms in total. The van der Waals surface area contributed by atoms with Crippen molar-refractivity contribution in [3.8, 4) is 11.1 Å². The molecule has 0 saturated heterocycles. The monoisotopic (exact) mass is 513 g/mol. The van der Waals surface area contributed by atoms with Gasteiger partial charge in [-0.25, -0.2) is 0 Å². The molecule has 4 rings (SSSR count). The Labute approximate surface area is 223 Å². The first kappa shape index (κ1) is 27.3. The lowest BCUT2D eigenvalue weighted by Gasteiger charge is -2.22. The molecule has 1 aliphatic heterocycles. The molecule has 1 unspecified atom stereocenters. The summed E-state index contributed by atoms with van der Waals surface area (Å²) in [5.41, 5.74) is 5.87. The highest BCUT2D eigenvalue weighted by molar-refractivity contribution is 6.21. The van der Waals surface area contributed by atoms with Gasteiger partial charge in [0.15, 0.2) is 0 Å². The van der Waals surface area contributed by atoms with Crippen LogP contribution in [-0.4, -0.2) is 45.5 Å². The molecule has 0 aromatic heterocycles. The van der Waals surface area contributed by atoms with E-state index in [2.05, 4.69) is 24.3 Å². The van der Waals surface area contributed by atoms with Gasteiger partial charge in [0, 0.05) is 6.54 Å². The molecule has 3 aromatic rings. The van der Waals surface area contributed by atoms with Gasteiger partial charge in [-0.2, -0.15) is 0 Å². The van der Waals surface area contributed by atoms with Gasteiger partial charge >= 0.3 is 5.97 Å². The fourth-order valence-electron chi connectivity index (χ4n) is 4.83. The van der Waals surface area contributed by atoms with E-state index in [1.807, 2.05) is 58.0 Å². The summed E-state index contributed by atoms with van der Waals surface area (Å²) in [6.45, 7) is 8.09. The maximum absolute atomic E-state index is 13.0. The number of carbonyl (C=O) groups is 3. The Morgan fingerprint density at radius 3 is 2.00 bits per heavy atom. The number of amides is 2. The van der Waals surface area contributed by atoms with Crippen molar-refractivity contribution < 1.29 is 24.6 Å². The van der Waals surface area contributed by atoms with Crippen LogP contribution in [0, 0.1) is 12.8 Å². The SMILES string of the molecule is Cc1ccc(-c2ccc(CCC(O)[C@@H](CCN3C(=O)c4ccc(C(C)(C)C)cc4C3=O)C(=O)O)cc2)cc1. The lowest BCUT2D eigenvalue weighted by molar-refractivity contribution is -0.146. The molecule has 38 heavy (non-hydrogen) atoms. The van der Waals surface area contributed by atoms with Crippen LogP contribution in [-0.2, 0) is 16.6 Å². The first-order valence-electron chi connectivity index (χ1n) is 13.0. The van der Waals surface area contributed by atoms with Crippen LogP contribution >= 0.6 is 0 Å². The third-order valence-electron chi connectivity index (χ3n) is 7.35. The van der Waals surface area contributed by atoms with E-state index < -0.39 is 29.8 Å². The van der Waals surface area contributed by atoms with E-state index in [4.69, 9.17) is 0 Å². The Morgan fingerprint density at radius 2 is 1.42 bits per heavy atom. The summed E-state index contributed by atoms with van der Waals surface area (Å²) >= 11 is 0. The molecule has 0 saturated carbocycles. The number of carbonyl (C=O) groups excluding carboxylic acids is 2. The van der Waals surface area contributed by atoms with Crippen LogP contribution in [0.1, 0.15) is 71.0 Å². The quantitative estimate of drug-likeness (QED) is 0.361. The summed E-state index contributed by atoms with van der Waals surface area (Å²) in [7, 11) is 0. The van der Waals surface area contributed by atoms with Crippen molar-refractivity contribution in [1.29, 1.82) is 0 Å². The van der Waals surface area contributed by atoms with Crippen LogP contribution in [0.15, 0.2) is 66.7 Å². The molecule has 198 valence electrons. The second-order valence-electron chi connectivity index (χ2n) is 11.2. The molecule has 2 N–H and O–H groups in total. The number of aliphatic carboxylic acids is 1. The van der Waals surface area contributed by atoms with Crippen molar-refractivity contribution in [1.82, 2.24) is 4.90 Å². The van der Waals surface area contributed by atoms with Crippen molar-refractivity contribution in [2.24, 2.45) is 5.92 Å². The summed E-state index contributed by atoms with van der Waals surface area (Å²) in [6, 6.07) is 21.6. The number of imide groups is 1. The fourth-order valence-corrected chi connectivity index (χ4v) is 4.83. The minimum atomic E-state index is -1.14. The minimum Gasteiger partial charge on any atom is -0.481 e. The minimum absolute atomic E-state index is 0.0134. The lowest BCUT2D eigenvalue weighted by Crippen LogP contribution is -2.36. The van der Waals surface area contributed by atoms with Gasteiger partial charge in [0.05, 0.1) is 23.1 Å². The molecule has 2 atom stereocenters. The lowest BCUT2D eigenvalue weighted by atomic mass is 9.85. The molecule has 2 amide bonds. The number of aryl methyl sites for hydroxylation is 2. The highest BCUT2D eigenvalue weighted by Crippen LogP contribution is 2.30. The summed E-state index contributed by atoms with van der Waals surface area (Å²) < 4.78 is 0. The van der Waals surface area contributed by atoms with Crippen molar-refractivity contribution in [3.63, 3.8) is 0 Å². The molecular formula is C32H35NO5. The number of fused-ring (bicyclic) bond motifs is 1. The topological polar surface area (TPSA) is 94.9 Å². The molecule has 0 fully saturated rings. The van der Waals surface area contributed by atoms with Crippen LogP contribution in [0.2, 0.25) is 0 Å². The van der Waals surface area contributed by atoms with E-state index in [0.717, 1.165) is 27.2 Å². The average molecular weight is 514 g/mol. The summed E-state index contributed by atoms with van der Waals surface area (Å²) in [5.74, 6) is -3.06. The molecule has 0 aliphatic carbocycles. The number of hydrogen-bond acceptors (Lipinski definition) is 4. The van der Waals surface area contributed by atoms with Gasteiger partial charge in [-0.05, 0) is 66.0 Å². The number of carboxylic acids is 1. The standard InChI is InChI=1S/C32H35NO5/c1-20-5-10-22(11-6-20)23-12-7-21(8-13-23)9-16-28(34)26(31(37)38)17-18-33-29(35)25-15-14-24(32(2,3)4)19-27(25)30(33)36/h5-8,10-15,19,26,28,34H,9,16-18H2,1-4H3,(H,37,38)/t26-,28?/m1/s1. The molecule has 1 aliphatic rings. The molecule has 3 aromatic carbocycles. The zero-order valence-corrected chi connectivity index (χ0v) is 22.4. The summed E-state index contributed by atoms with van der Waals surface area (Å²) in [4.78, 5) is 38.9. The normalized spacial score (nSPS) is 14.9. The molecule has 1 heterocycles. The number of carboxylic acid groups (broad SMARTS) is 1. The Balaban J connectivity index is 1.36. The molecule has 0 spiro atoms. The number of benzene rings is 3. The molecule has 0 radical (unpaired) electrons. The van der Waals surface area contributed by atoms with Gasteiger partial charge in [-0.3, -0.25) is 19.3 Å². The average Bonchev–Trinajstić information content (AvgIpc) is 3.12.